The van der Waals surface area contributed by atoms with Gasteiger partial charge >= 0.3 is 0 Å². The van der Waals surface area contributed by atoms with E-state index in [1.165, 1.54) is 11.3 Å². The van der Waals surface area contributed by atoms with Gasteiger partial charge in [-0.25, -0.2) is 0 Å². The van der Waals surface area contributed by atoms with Crippen LogP contribution < -0.4 is 0 Å². The maximum absolute atomic E-state index is 4.59. The summed E-state index contributed by atoms with van der Waals surface area (Å²) >= 11 is 0. The maximum atomic E-state index is 4.59. The van der Waals surface area contributed by atoms with Crippen LogP contribution in [0.25, 0.3) is 0 Å². The van der Waals surface area contributed by atoms with Crippen LogP contribution in [0, 0.1) is 17.3 Å². The summed E-state index contributed by atoms with van der Waals surface area (Å²) in [5, 5.41) is 0. The molecule has 1 nitrogen and oxygen atoms in total. The second kappa shape index (κ2) is 4.04. The minimum absolute atomic E-state index is 0.0421. The predicted octanol–water partition coefficient (Wildman–Crippen LogP) is 3.69. The molecule has 0 radical (unpaired) electrons. The van der Waals surface area contributed by atoms with Crippen LogP contribution in [0.15, 0.2) is 35.3 Å². The van der Waals surface area contributed by atoms with Gasteiger partial charge in [-0.2, -0.15) is 0 Å². The molecule has 0 amide bonds. The lowest BCUT2D eigenvalue weighted by molar-refractivity contribution is 0.569. The Morgan fingerprint density at radius 2 is 1.82 bits per heavy atom. The summed E-state index contributed by atoms with van der Waals surface area (Å²) in [4.78, 5) is 4.59. The summed E-state index contributed by atoms with van der Waals surface area (Å²) in [5.41, 5.74) is 2.46. The van der Waals surface area contributed by atoms with Crippen LogP contribution in [0.2, 0.25) is 0 Å². The van der Waals surface area contributed by atoms with E-state index in [0.29, 0.717) is 0 Å². The molecule has 1 unspecified atom stereocenters. The Morgan fingerprint density at radius 1 is 1.18 bits per heavy atom. The molecule has 1 heteroatoms. The van der Waals surface area contributed by atoms with Crippen molar-refractivity contribution >= 4 is 5.71 Å². The Hall–Kier alpha value is -1.55. The van der Waals surface area contributed by atoms with Crippen LogP contribution in [-0.2, 0) is 0 Å². The summed E-state index contributed by atoms with van der Waals surface area (Å²) in [5.74, 6) is 6.53. The van der Waals surface area contributed by atoms with E-state index < -0.39 is 0 Å². The maximum Gasteiger partial charge on any atom is 0.111 e. The van der Waals surface area contributed by atoms with Gasteiger partial charge in [0.15, 0.2) is 0 Å². The van der Waals surface area contributed by atoms with Crippen molar-refractivity contribution in [2.45, 2.75) is 39.7 Å². The summed E-state index contributed by atoms with van der Waals surface area (Å²) in [6, 6.07) is 10.4. The van der Waals surface area contributed by atoms with E-state index in [-0.39, 0.29) is 11.0 Å². The summed E-state index contributed by atoms with van der Waals surface area (Å²) in [7, 11) is 0. The first kappa shape index (κ1) is 11.9. The third-order valence-electron chi connectivity index (χ3n) is 2.76. The van der Waals surface area contributed by atoms with Gasteiger partial charge in [0.1, 0.15) is 5.54 Å². The number of benzene rings is 1. The molecule has 0 aromatic heterocycles. The highest BCUT2D eigenvalue weighted by atomic mass is 15.0. The number of nitrogens with zero attached hydrogens (tertiary/aromatic N) is 1. The van der Waals surface area contributed by atoms with E-state index in [2.05, 4.69) is 68.8 Å². The number of aliphatic imine (C=N–C) groups is 1. The Bertz CT molecular complexity index is 494. The van der Waals surface area contributed by atoms with Crippen LogP contribution in [0.1, 0.15) is 39.7 Å². The van der Waals surface area contributed by atoms with Gasteiger partial charge in [-0.3, -0.25) is 4.99 Å². The lowest BCUT2D eigenvalue weighted by atomic mass is 9.94. The monoisotopic (exact) mass is 225 g/mol. The molecule has 88 valence electrons. The lowest BCUT2D eigenvalue weighted by Gasteiger charge is -2.08. The molecule has 0 bridgehead atoms. The molecular weight excluding hydrogens is 206 g/mol. The quantitative estimate of drug-likeness (QED) is 0.681. The van der Waals surface area contributed by atoms with E-state index in [1.54, 1.807) is 0 Å². The first-order valence-electron chi connectivity index (χ1n) is 6.07. The van der Waals surface area contributed by atoms with Crippen LogP contribution in [0.4, 0.5) is 0 Å². The number of rotatable bonds is 2. The van der Waals surface area contributed by atoms with Crippen molar-refractivity contribution in [1.82, 2.24) is 0 Å². The van der Waals surface area contributed by atoms with Gasteiger partial charge in [-0.05, 0) is 33.3 Å². The highest BCUT2D eigenvalue weighted by Gasteiger charge is 2.42. The van der Waals surface area contributed by atoms with Gasteiger partial charge in [0.25, 0.3) is 0 Å². The molecule has 0 saturated carbocycles. The van der Waals surface area contributed by atoms with Crippen molar-refractivity contribution in [3.63, 3.8) is 0 Å². The third-order valence-corrected chi connectivity index (χ3v) is 2.76. The summed E-state index contributed by atoms with van der Waals surface area (Å²) < 4.78 is 0. The molecule has 0 aliphatic carbocycles. The van der Waals surface area contributed by atoms with Gasteiger partial charge in [0.2, 0.25) is 0 Å². The summed E-state index contributed by atoms with van der Waals surface area (Å²) in [6.45, 7) is 8.56. The van der Waals surface area contributed by atoms with Gasteiger partial charge in [0, 0.05) is 11.8 Å². The lowest BCUT2D eigenvalue weighted by Crippen LogP contribution is -2.14. The van der Waals surface area contributed by atoms with Crippen molar-refractivity contribution in [3.05, 3.63) is 35.9 Å². The third kappa shape index (κ3) is 2.97. The highest BCUT2D eigenvalue weighted by molar-refractivity contribution is 6.16. The molecule has 1 atom stereocenters. The normalized spacial score (nSPS) is 22.5. The number of hydrogen-bond acceptors (Lipinski definition) is 1. The van der Waals surface area contributed by atoms with Crippen molar-refractivity contribution in [3.8, 4) is 11.8 Å². The molecule has 0 saturated heterocycles. The second-order valence-corrected chi connectivity index (χ2v) is 5.83. The van der Waals surface area contributed by atoms with Crippen molar-refractivity contribution in [2.24, 2.45) is 10.4 Å². The Labute approximate surface area is 104 Å². The fraction of sp³-hybridized carbons (Fsp3) is 0.438. The molecule has 1 heterocycles. The molecular formula is C16H19N. The van der Waals surface area contributed by atoms with E-state index in [1.807, 2.05) is 6.07 Å². The molecule has 1 aliphatic rings. The molecule has 2 rings (SSSR count). The minimum atomic E-state index is -0.0421. The molecule has 17 heavy (non-hydrogen) atoms. The molecule has 0 spiro atoms. The van der Waals surface area contributed by atoms with Crippen LogP contribution >= 0.6 is 0 Å². The van der Waals surface area contributed by atoms with E-state index >= 15 is 0 Å². The summed E-state index contributed by atoms with van der Waals surface area (Å²) in [6.07, 6.45) is 0.828. The molecule has 1 aromatic rings. The minimum Gasteiger partial charge on any atom is -0.273 e. The molecule has 1 aliphatic heterocycles. The highest BCUT2D eigenvalue weighted by Crippen LogP contribution is 2.35. The predicted molar refractivity (Wildman–Crippen MR) is 73.2 cm³/mol. The fourth-order valence-electron chi connectivity index (χ4n) is 1.80. The zero-order chi connectivity index (χ0) is 12.5. The topological polar surface area (TPSA) is 12.4 Å². The van der Waals surface area contributed by atoms with Gasteiger partial charge in [-0.1, -0.05) is 42.2 Å². The first-order chi connectivity index (χ1) is 7.91. The van der Waals surface area contributed by atoms with Crippen LogP contribution in [0.3, 0.4) is 0 Å². The zero-order valence-electron chi connectivity index (χ0n) is 11.0. The molecule has 1 aromatic carbocycles. The van der Waals surface area contributed by atoms with Crippen molar-refractivity contribution < 1.29 is 0 Å². The average Bonchev–Trinajstić information content (AvgIpc) is 2.90. The largest absolute Gasteiger partial charge is 0.273 e. The van der Waals surface area contributed by atoms with E-state index in [4.69, 9.17) is 0 Å². The SMILES string of the molecule is CC(C)(C)C#CCC1(C)N=C1c1ccccc1. The smallest absolute Gasteiger partial charge is 0.111 e. The first-order valence-corrected chi connectivity index (χ1v) is 6.07. The number of hydrogen-bond donors (Lipinski definition) is 0. The second-order valence-electron chi connectivity index (χ2n) is 5.83. The van der Waals surface area contributed by atoms with Crippen LogP contribution in [0.5, 0.6) is 0 Å². The van der Waals surface area contributed by atoms with Crippen molar-refractivity contribution in [1.29, 1.82) is 0 Å². The van der Waals surface area contributed by atoms with E-state index in [0.717, 1.165) is 6.42 Å². The Morgan fingerprint density at radius 3 is 2.41 bits per heavy atom. The Balaban J connectivity index is 2.00. The van der Waals surface area contributed by atoms with Gasteiger partial charge in [-0.15, -0.1) is 0 Å². The zero-order valence-corrected chi connectivity index (χ0v) is 11.0. The van der Waals surface area contributed by atoms with Gasteiger partial charge < -0.3 is 0 Å². The molecule has 0 fully saturated rings. The van der Waals surface area contributed by atoms with Crippen molar-refractivity contribution in [2.75, 3.05) is 0 Å². The average molecular weight is 225 g/mol. The van der Waals surface area contributed by atoms with Gasteiger partial charge in [0.05, 0.1) is 5.71 Å². The fourth-order valence-corrected chi connectivity index (χ4v) is 1.80. The van der Waals surface area contributed by atoms with E-state index in [9.17, 15) is 0 Å². The van der Waals surface area contributed by atoms with Crippen LogP contribution in [-0.4, -0.2) is 11.3 Å². The molecule has 0 N–H and O–H groups in total. The standard InChI is InChI=1S/C16H19N/c1-15(2,3)11-8-12-16(4)14(17-16)13-9-6-5-7-10-13/h5-7,9-10H,12H2,1-4H3. The Kier molecular flexibility index (Phi) is 2.83.